The zero-order valence-corrected chi connectivity index (χ0v) is 28.5. The Morgan fingerprint density at radius 3 is 2.08 bits per heavy atom. The SMILES string of the molecule is [2H]c1c([2H])c(-c2ccc3c(c2)c2ccccc2n3-c2ccccc2)c([2H])c(N(c2cccc3ccccc23)c2cccc3oc4c5ccccc5ccc4c23)c1[2H]. The molecule has 0 aliphatic carbocycles. The van der Waals surface area contributed by atoms with Crippen molar-refractivity contribution in [1.82, 2.24) is 4.57 Å². The highest BCUT2D eigenvalue weighted by molar-refractivity contribution is 6.20. The quantitative estimate of drug-likeness (QED) is 0.180. The topological polar surface area (TPSA) is 21.3 Å². The van der Waals surface area contributed by atoms with Crippen molar-refractivity contribution >= 4 is 82.4 Å². The number of fused-ring (bicyclic) bond motifs is 9. The van der Waals surface area contributed by atoms with E-state index in [1.165, 1.54) is 0 Å². The zero-order chi connectivity index (χ0) is 38.4. The van der Waals surface area contributed by atoms with Crippen LogP contribution in [0.1, 0.15) is 5.48 Å². The first-order valence-electron chi connectivity index (χ1n) is 19.8. The van der Waals surface area contributed by atoms with Crippen LogP contribution in [-0.4, -0.2) is 4.57 Å². The number of rotatable bonds is 5. The molecule has 3 heteroatoms. The minimum atomic E-state index is -0.247. The molecule has 0 unspecified atom stereocenters. The van der Waals surface area contributed by atoms with E-state index < -0.39 is 0 Å². The van der Waals surface area contributed by atoms with Gasteiger partial charge in [-0.25, -0.2) is 0 Å². The maximum Gasteiger partial charge on any atom is 0.143 e. The Morgan fingerprint density at radius 1 is 0.491 bits per heavy atom. The van der Waals surface area contributed by atoms with E-state index in [0.717, 1.165) is 71.1 Å². The molecular formula is C50H32N2O. The first-order valence-corrected chi connectivity index (χ1v) is 17.8. The number of nitrogens with zero attached hydrogens (tertiary/aromatic N) is 2. The summed E-state index contributed by atoms with van der Waals surface area (Å²) in [5, 5.41) is 7.75. The number of benzene rings is 9. The Bertz CT molecular complexity index is 3420. The highest BCUT2D eigenvalue weighted by Gasteiger charge is 2.22. The summed E-state index contributed by atoms with van der Waals surface area (Å²) in [5.41, 5.74) is 7.13. The minimum Gasteiger partial charge on any atom is -0.455 e. The monoisotopic (exact) mass is 680 g/mol. The van der Waals surface area contributed by atoms with Gasteiger partial charge in [-0.2, -0.15) is 0 Å². The molecule has 0 aliphatic heterocycles. The average molecular weight is 681 g/mol. The van der Waals surface area contributed by atoms with Crippen LogP contribution in [0.2, 0.25) is 0 Å². The second-order valence-electron chi connectivity index (χ2n) is 13.4. The molecule has 0 saturated heterocycles. The third-order valence-corrected chi connectivity index (χ3v) is 10.4. The molecule has 3 nitrogen and oxygen atoms in total. The average Bonchev–Trinajstić information content (AvgIpc) is 3.81. The van der Waals surface area contributed by atoms with Gasteiger partial charge in [0.25, 0.3) is 0 Å². The van der Waals surface area contributed by atoms with Crippen molar-refractivity contribution in [2.75, 3.05) is 4.90 Å². The van der Waals surface area contributed by atoms with Crippen molar-refractivity contribution in [2.24, 2.45) is 0 Å². The fourth-order valence-corrected chi connectivity index (χ4v) is 8.07. The van der Waals surface area contributed by atoms with Gasteiger partial charge in [-0.3, -0.25) is 0 Å². The molecule has 248 valence electrons. The molecule has 0 aliphatic rings. The Balaban J connectivity index is 1.22. The smallest absolute Gasteiger partial charge is 0.143 e. The molecule has 11 rings (SSSR count). The number of hydrogen-bond donors (Lipinski definition) is 0. The van der Waals surface area contributed by atoms with Crippen LogP contribution in [0.25, 0.3) is 82.1 Å². The summed E-state index contributed by atoms with van der Waals surface area (Å²) in [6.07, 6.45) is 0. The molecule has 0 bridgehead atoms. The van der Waals surface area contributed by atoms with Gasteiger partial charge in [0.2, 0.25) is 0 Å². The number of anilines is 3. The summed E-state index contributed by atoms with van der Waals surface area (Å²) in [6.45, 7) is 0. The summed E-state index contributed by atoms with van der Waals surface area (Å²) in [4.78, 5) is 1.94. The first kappa shape index (κ1) is 25.8. The first-order chi connectivity index (χ1) is 28.0. The summed E-state index contributed by atoms with van der Waals surface area (Å²) in [5.74, 6) is 0. The van der Waals surface area contributed by atoms with Gasteiger partial charge in [-0.05, 0) is 88.6 Å². The van der Waals surface area contributed by atoms with Crippen LogP contribution in [0.3, 0.4) is 0 Å². The van der Waals surface area contributed by atoms with Crippen LogP contribution in [-0.2, 0) is 0 Å². The molecule has 0 amide bonds. The maximum atomic E-state index is 10.1. The Morgan fingerprint density at radius 2 is 1.19 bits per heavy atom. The van der Waals surface area contributed by atoms with E-state index in [2.05, 4.69) is 65.2 Å². The molecule has 0 atom stereocenters. The van der Waals surface area contributed by atoms with Gasteiger partial charge in [0.15, 0.2) is 0 Å². The molecule has 9 aromatic carbocycles. The predicted octanol–water partition coefficient (Wildman–Crippen LogP) is 14.1. The van der Waals surface area contributed by atoms with E-state index in [1.807, 2.05) is 114 Å². The van der Waals surface area contributed by atoms with Gasteiger partial charge < -0.3 is 13.9 Å². The van der Waals surface area contributed by atoms with Gasteiger partial charge in [0.1, 0.15) is 11.2 Å². The van der Waals surface area contributed by atoms with Crippen molar-refractivity contribution in [3.05, 3.63) is 194 Å². The number of furan rings is 1. The molecule has 0 saturated carbocycles. The lowest BCUT2D eigenvalue weighted by Crippen LogP contribution is -2.11. The third kappa shape index (κ3) is 4.61. The predicted molar refractivity (Wildman–Crippen MR) is 223 cm³/mol. The lowest BCUT2D eigenvalue weighted by Gasteiger charge is -2.28. The second-order valence-corrected chi connectivity index (χ2v) is 13.4. The molecular weight excluding hydrogens is 645 g/mol. The van der Waals surface area contributed by atoms with Gasteiger partial charge in [0.05, 0.1) is 33.3 Å². The van der Waals surface area contributed by atoms with Crippen LogP contribution in [0.4, 0.5) is 17.1 Å². The molecule has 0 spiro atoms. The van der Waals surface area contributed by atoms with Crippen molar-refractivity contribution in [1.29, 1.82) is 0 Å². The van der Waals surface area contributed by atoms with E-state index in [0.29, 0.717) is 22.4 Å². The molecule has 0 N–H and O–H groups in total. The van der Waals surface area contributed by atoms with Gasteiger partial charge >= 0.3 is 0 Å². The van der Waals surface area contributed by atoms with Gasteiger partial charge in [-0.1, -0.05) is 127 Å². The van der Waals surface area contributed by atoms with Crippen molar-refractivity contribution in [3.8, 4) is 16.8 Å². The Kier molecular flexibility index (Phi) is 5.71. The van der Waals surface area contributed by atoms with E-state index in [9.17, 15) is 5.48 Å². The van der Waals surface area contributed by atoms with Crippen LogP contribution >= 0.6 is 0 Å². The Hall–Kier alpha value is -7.10. The lowest BCUT2D eigenvalue weighted by molar-refractivity contribution is 0.672. The van der Waals surface area contributed by atoms with Crippen molar-refractivity contribution in [2.45, 2.75) is 0 Å². The van der Waals surface area contributed by atoms with Crippen LogP contribution in [0.5, 0.6) is 0 Å². The molecule has 11 aromatic rings. The van der Waals surface area contributed by atoms with Gasteiger partial charge in [-0.15, -0.1) is 0 Å². The fraction of sp³-hybridized carbons (Fsp3) is 0. The van der Waals surface area contributed by atoms with E-state index in [-0.39, 0.29) is 29.9 Å². The van der Waals surface area contributed by atoms with E-state index in [4.69, 9.17) is 4.42 Å². The number of hydrogen-bond acceptors (Lipinski definition) is 2. The zero-order valence-electron chi connectivity index (χ0n) is 32.5. The highest BCUT2D eigenvalue weighted by atomic mass is 16.3. The van der Waals surface area contributed by atoms with Crippen molar-refractivity contribution in [3.63, 3.8) is 0 Å². The summed E-state index contributed by atoms with van der Waals surface area (Å²) in [7, 11) is 0. The van der Waals surface area contributed by atoms with Crippen LogP contribution in [0.15, 0.2) is 198 Å². The van der Waals surface area contributed by atoms with Gasteiger partial charge in [0, 0.05) is 38.3 Å². The number of para-hydroxylation sites is 2. The van der Waals surface area contributed by atoms with E-state index in [1.54, 1.807) is 0 Å². The molecule has 53 heavy (non-hydrogen) atoms. The highest BCUT2D eigenvalue weighted by Crippen LogP contribution is 2.46. The summed E-state index contributed by atoms with van der Waals surface area (Å²) < 4.78 is 47.1. The molecule has 0 fully saturated rings. The van der Waals surface area contributed by atoms with E-state index >= 15 is 0 Å². The lowest BCUT2D eigenvalue weighted by atomic mass is 10.00. The normalized spacial score (nSPS) is 12.8. The standard InChI is InChI=1S/C50H32N2O/c1-2-17-37(18-3-1)51-45-23-9-8-22-41(45)43-32-36(28-30-46(43)51)35-16-10-19-38(31-35)52(44-24-11-15-33-13-4-6-20-39(33)44)47-25-12-26-48-49(47)42-29-27-34-14-5-7-21-40(34)50(42)53-48/h1-32H/i10D,16D,19D,31D. The molecule has 2 aromatic heterocycles. The summed E-state index contributed by atoms with van der Waals surface area (Å²) >= 11 is 0. The third-order valence-electron chi connectivity index (χ3n) is 10.4. The van der Waals surface area contributed by atoms with Crippen LogP contribution < -0.4 is 4.90 Å². The second kappa shape index (κ2) is 11.7. The Labute approximate surface area is 311 Å². The molecule has 0 radical (unpaired) electrons. The fourth-order valence-electron chi connectivity index (χ4n) is 8.07. The minimum absolute atomic E-state index is 0.00432. The maximum absolute atomic E-state index is 10.1. The largest absolute Gasteiger partial charge is 0.455 e. The molecule has 2 heterocycles. The summed E-state index contributed by atoms with van der Waals surface area (Å²) in [6, 6.07) is 56.2. The number of aromatic nitrogens is 1. The van der Waals surface area contributed by atoms with Crippen molar-refractivity contribution < 1.29 is 9.90 Å². The van der Waals surface area contributed by atoms with Crippen LogP contribution in [0, 0.1) is 0 Å².